The minimum atomic E-state index is -1.37. The van der Waals surface area contributed by atoms with Gasteiger partial charge in [0.15, 0.2) is 0 Å². The molecular formula is C70H96O6P2. The van der Waals surface area contributed by atoms with Crippen LogP contribution in [0.15, 0.2) is 84.9 Å². The molecule has 2 unspecified atom stereocenters. The molecule has 0 aliphatic rings. The Morgan fingerprint density at radius 1 is 0.359 bits per heavy atom. The van der Waals surface area contributed by atoms with Crippen molar-refractivity contribution in [2.45, 2.75) is 184 Å². The third-order valence-electron chi connectivity index (χ3n) is 15.1. The van der Waals surface area contributed by atoms with Gasteiger partial charge in [-0.05, 0) is 170 Å². The molecule has 0 aliphatic carbocycles. The maximum Gasteiger partial charge on any atom is 0.127 e. The predicted molar refractivity (Wildman–Crippen MR) is 340 cm³/mol. The van der Waals surface area contributed by atoms with Crippen LogP contribution in [0.5, 0.6) is 34.5 Å². The van der Waals surface area contributed by atoms with E-state index in [9.17, 15) is 0 Å². The fraction of sp³-hybridized carbons (Fsp3) is 0.486. The maximum absolute atomic E-state index is 6.74. The van der Waals surface area contributed by atoms with Gasteiger partial charge < -0.3 is 28.4 Å². The summed E-state index contributed by atoms with van der Waals surface area (Å²) in [7, 11) is 8.17. The zero-order valence-electron chi connectivity index (χ0n) is 52.8. The van der Waals surface area contributed by atoms with Crippen molar-refractivity contribution in [2.24, 2.45) is 0 Å². The van der Waals surface area contributed by atoms with Crippen molar-refractivity contribution in [3.63, 3.8) is 0 Å². The van der Waals surface area contributed by atoms with E-state index in [2.05, 4.69) is 223 Å². The molecule has 0 saturated heterocycles. The minimum absolute atomic E-state index is 0.200. The molecule has 0 bridgehead atoms. The van der Waals surface area contributed by atoms with Crippen LogP contribution in [0.25, 0.3) is 11.1 Å². The first-order valence-electron chi connectivity index (χ1n) is 28.1. The Bertz CT molecular complexity index is 2870. The summed E-state index contributed by atoms with van der Waals surface area (Å²) in [5.74, 6) is 5.77. The SMILES string of the molecule is CCc1cc(P(c2cc(C(C)(C)C)c(OC)c(C(C)(C)C)c2)c2cccc(OC)c2-c2c(OC)cccc2P(c2cc(C(C)C)c(OC)c(C(C)C)c2)c2cc(C(C)(C)C)c(OC)c(C(C)(C)C)c2)cc(C(C)(C)C)c1OC. The summed E-state index contributed by atoms with van der Waals surface area (Å²) in [6.45, 7) is 45.8. The first kappa shape index (κ1) is 62.2. The van der Waals surface area contributed by atoms with Crippen molar-refractivity contribution in [3.8, 4) is 45.6 Å². The third kappa shape index (κ3) is 12.5. The standard InChI is InChI=1S/C70H96O6P2/c1-27-44-34-45(37-51(62(44)73-23)66(6,7)8)77(47-38-52(67(9,10)11)64(75-25)53(39-47)68(12,13)14)58-32-28-30-56(71-21)60(58)61-57(72-22)31-29-33-59(61)78(46-35-49(42(2)3)63(74-24)50(36-46)43(4)5)48-40-54(69(15,16)17)65(76-26)55(41-48)70(18,19)20/h28-43H,27H2,1-26H3. The largest absolute Gasteiger partial charge is 0.496 e. The molecule has 78 heavy (non-hydrogen) atoms. The maximum atomic E-state index is 6.74. The number of hydrogen-bond acceptors (Lipinski definition) is 6. The molecule has 2 atom stereocenters. The monoisotopic (exact) mass is 1090 g/mol. The highest BCUT2D eigenvalue weighted by Crippen LogP contribution is 2.52. The molecular weight excluding hydrogens is 999 g/mol. The van der Waals surface area contributed by atoms with Crippen LogP contribution < -0.4 is 60.2 Å². The van der Waals surface area contributed by atoms with E-state index in [1.807, 2.05) is 42.7 Å². The van der Waals surface area contributed by atoms with Crippen LogP contribution in [-0.2, 0) is 33.5 Å². The Balaban J connectivity index is 1.96. The van der Waals surface area contributed by atoms with Gasteiger partial charge >= 0.3 is 0 Å². The van der Waals surface area contributed by atoms with Gasteiger partial charge in [0.1, 0.15) is 34.5 Å². The predicted octanol–water partition coefficient (Wildman–Crippen LogP) is 16.2. The van der Waals surface area contributed by atoms with Crippen LogP contribution in [0.3, 0.4) is 0 Å². The number of ether oxygens (including phenoxy) is 6. The normalized spacial score (nSPS) is 13.4. The molecule has 6 aromatic rings. The fourth-order valence-corrected chi connectivity index (χ4v) is 16.2. The highest BCUT2D eigenvalue weighted by molar-refractivity contribution is 7.80. The molecule has 0 spiro atoms. The molecule has 8 heteroatoms. The lowest BCUT2D eigenvalue weighted by atomic mass is 9.79. The lowest BCUT2D eigenvalue weighted by Crippen LogP contribution is -2.30. The third-order valence-corrected chi connectivity index (χ3v) is 19.9. The molecule has 6 aromatic carbocycles. The van der Waals surface area contributed by atoms with Crippen molar-refractivity contribution in [2.75, 3.05) is 42.7 Å². The van der Waals surface area contributed by atoms with E-state index in [4.69, 9.17) is 28.4 Å². The van der Waals surface area contributed by atoms with Gasteiger partial charge in [0, 0.05) is 38.9 Å². The highest BCUT2D eigenvalue weighted by Gasteiger charge is 2.37. The molecule has 0 saturated carbocycles. The van der Waals surface area contributed by atoms with Crippen LogP contribution in [0.2, 0.25) is 0 Å². The first-order chi connectivity index (χ1) is 36.2. The molecule has 0 radical (unpaired) electrons. The van der Waals surface area contributed by atoms with Crippen molar-refractivity contribution < 1.29 is 28.4 Å². The summed E-state index contributed by atoms with van der Waals surface area (Å²) in [5.41, 5.74) is 10.3. The van der Waals surface area contributed by atoms with Gasteiger partial charge in [0.25, 0.3) is 0 Å². The second-order valence-corrected chi connectivity index (χ2v) is 31.2. The average Bonchev–Trinajstić information content (AvgIpc) is 3.40. The number of benzene rings is 6. The van der Waals surface area contributed by atoms with Gasteiger partial charge in [0.2, 0.25) is 0 Å². The Morgan fingerprint density at radius 3 is 0.897 bits per heavy atom. The van der Waals surface area contributed by atoms with E-state index in [1.165, 1.54) is 76.3 Å². The number of methoxy groups -OCH3 is 6. The second-order valence-electron chi connectivity index (χ2n) is 26.8. The van der Waals surface area contributed by atoms with E-state index in [0.717, 1.165) is 52.0 Å². The van der Waals surface area contributed by atoms with Crippen LogP contribution >= 0.6 is 15.8 Å². The second kappa shape index (κ2) is 23.6. The van der Waals surface area contributed by atoms with E-state index in [-0.39, 0.29) is 38.9 Å². The summed E-state index contributed by atoms with van der Waals surface area (Å²) >= 11 is 0. The van der Waals surface area contributed by atoms with Gasteiger partial charge in [-0.1, -0.05) is 163 Å². The summed E-state index contributed by atoms with van der Waals surface area (Å²) in [6, 6.07) is 32.9. The molecule has 0 aliphatic heterocycles. The van der Waals surface area contributed by atoms with E-state index in [1.54, 1.807) is 0 Å². The van der Waals surface area contributed by atoms with Crippen molar-refractivity contribution >= 4 is 47.7 Å². The summed E-state index contributed by atoms with van der Waals surface area (Å²) in [6.07, 6.45) is 0.811. The van der Waals surface area contributed by atoms with E-state index in [0.29, 0.717) is 0 Å². The number of hydrogen-bond donors (Lipinski definition) is 0. The number of rotatable bonds is 16. The highest BCUT2D eigenvalue weighted by atomic mass is 31.1. The molecule has 422 valence electrons. The number of aryl methyl sites for hydroxylation is 1. The molecule has 0 aromatic heterocycles. The smallest absolute Gasteiger partial charge is 0.127 e. The first-order valence-corrected chi connectivity index (χ1v) is 30.8. The van der Waals surface area contributed by atoms with E-state index < -0.39 is 15.8 Å². The summed E-state index contributed by atoms with van der Waals surface area (Å²) < 4.78 is 39.1. The minimum Gasteiger partial charge on any atom is -0.496 e. The van der Waals surface area contributed by atoms with E-state index >= 15 is 0 Å². The Kier molecular flexibility index (Phi) is 18.8. The van der Waals surface area contributed by atoms with Crippen molar-refractivity contribution in [1.29, 1.82) is 0 Å². The lowest BCUT2D eigenvalue weighted by molar-refractivity contribution is 0.381. The Morgan fingerprint density at radius 2 is 0.641 bits per heavy atom. The van der Waals surface area contributed by atoms with Crippen LogP contribution in [0.4, 0.5) is 0 Å². The molecule has 0 amide bonds. The molecule has 6 nitrogen and oxygen atoms in total. The summed E-state index contributed by atoms with van der Waals surface area (Å²) in [5, 5.41) is 7.30. The van der Waals surface area contributed by atoms with Gasteiger partial charge in [0.05, 0.1) is 42.7 Å². The molecule has 0 fully saturated rings. The van der Waals surface area contributed by atoms with Gasteiger partial charge in [-0.25, -0.2) is 0 Å². The van der Waals surface area contributed by atoms with Gasteiger partial charge in [-0.2, -0.15) is 0 Å². The Hall–Kier alpha value is -5.02. The molecule has 0 heterocycles. The zero-order chi connectivity index (χ0) is 58.4. The fourth-order valence-electron chi connectivity index (χ4n) is 11.0. The van der Waals surface area contributed by atoms with Gasteiger partial charge in [-0.15, -0.1) is 0 Å². The van der Waals surface area contributed by atoms with Crippen LogP contribution in [0.1, 0.15) is 195 Å². The van der Waals surface area contributed by atoms with Gasteiger partial charge in [-0.3, -0.25) is 0 Å². The topological polar surface area (TPSA) is 55.4 Å². The Labute approximate surface area is 475 Å². The summed E-state index contributed by atoms with van der Waals surface area (Å²) in [4.78, 5) is 0. The lowest BCUT2D eigenvalue weighted by Gasteiger charge is -2.34. The van der Waals surface area contributed by atoms with Crippen molar-refractivity contribution in [3.05, 3.63) is 129 Å². The average molecular weight is 1100 g/mol. The van der Waals surface area contributed by atoms with Crippen molar-refractivity contribution in [1.82, 2.24) is 0 Å². The molecule has 0 N–H and O–H groups in total. The zero-order valence-corrected chi connectivity index (χ0v) is 54.6. The molecule has 6 rings (SSSR count). The van der Waals surface area contributed by atoms with Crippen LogP contribution in [-0.4, -0.2) is 42.7 Å². The quantitative estimate of drug-likeness (QED) is 0.0900. The van der Waals surface area contributed by atoms with Crippen LogP contribution in [0, 0.1) is 0 Å².